The zero-order valence-corrected chi connectivity index (χ0v) is 22.3. The van der Waals surface area contributed by atoms with Crippen molar-refractivity contribution in [2.24, 2.45) is 0 Å². The summed E-state index contributed by atoms with van der Waals surface area (Å²) in [6.07, 6.45) is -5.12. The van der Waals surface area contributed by atoms with Crippen LogP contribution in [0.3, 0.4) is 0 Å². The summed E-state index contributed by atoms with van der Waals surface area (Å²) in [7, 11) is -6.34. The molecular formula is C25H21F6N3O7S. The van der Waals surface area contributed by atoms with Crippen molar-refractivity contribution in [3.63, 3.8) is 0 Å². The molecule has 0 fully saturated rings. The van der Waals surface area contributed by atoms with Crippen LogP contribution in [0.25, 0.3) is 0 Å². The Morgan fingerprint density at radius 1 is 0.905 bits per heavy atom. The molecule has 0 atom stereocenters. The molecule has 42 heavy (non-hydrogen) atoms. The van der Waals surface area contributed by atoms with Gasteiger partial charge in [0.2, 0.25) is 5.75 Å². The van der Waals surface area contributed by atoms with Crippen LogP contribution in [0.5, 0.6) is 11.6 Å². The fourth-order valence-electron chi connectivity index (χ4n) is 3.22. The predicted molar refractivity (Wildman–Crippen MR) is 132 cm³/mol. The highest BCUT2D eigenvalue weighted by molar-refractivity contribution is 7.88. The summed E-state index contributed by atoms with van der Waals surface area (Å²) in [4.78, 5) is 32.4. The summed E-state index contributed by atoms with van der Waals surface area (Å²) in [5, 5.41) is 2.12. The second kappa shape index (κ2) is 13.1. The second-order valence-corrected chi connectivity index (χ2v) is 9.78. The fraction of sp³-hybridized carbons (Fsp3) is 0.280. The Kier molecular flexibility index (Phi) is 9.98. The maximum atomic E-state index is 13.2. The van der Waals surface area contributed by atoms with Crippen LogP contribution in [0.1, 0.15) is 39.9 Å². The van der Waals surface area contributed by atoms with E-state index >= 15 is 0 Å². The van der Waals surface area contributed by atoms with E-state index in [4.69, 9.17) is 9.47 Å². The molecule has 1 amide bonds. The van der Waals surface area contributed by atoms with Gasteiger partial charge in [0.05, 0.1) is 12.2 Å². The minimum Gasteiger partial charge on any atom is -0.481 e. The number of carbonyl (C=O) groups is 2. The highest BCUT2D eigenvalue weighted by atomic mass is 32.2. The number of esters is 1. The highest BCUT2D eigenvalue weighted by Gasteiger charge is 2.49. The Morgan fingerprint density at radius 3 is 2.12 bits per heavy atom. The van der Waals surface area contributed by atoms with Crippen LogP contribution in [0, 0.1) is 0 Å². The quantitative estimate of drug-likeness (QED) is 0.145. The molecule has 0 aliphatic rings. The summed E-state index contributed by atoms with van der Waals surface area (Å²) in [5.41, 5.74) is -7.16. The van der Waals surface area contributed by atoms with E-state index in [1.807, 2.05) is 0 Å². The van der Waals surface area contributed by atoms with Gasteiger partial charge in [0.15, 0.2) is 5.69 Å². The molecular weight excluding hydrogens is 600 g/mol. The first-order valence-electron chi connectivity index (χ1n) is 11.8. The molecule has 1 aromatic heterocycles. The molecule has 2 aromatic carbocycles. The van der Waals surface area contributed by atoms with Gasteiger partial charge in [0.1, 0.15) is 19.0 Å². The molecule has 0 bridgehead atoms. The van der Waals surface area contributed by atoms with Crippen LogP contribution in [0.4, 0.5) is 26.3 Å². The van der Waals surface area contributed by atoms with E-state index in [1.165, 1.54) is 6.92 Å². The van der Waals surface area contributed by atoms with Crippen LogP contribution in [-0.2, 0) is 38.9 Å². The standard InChI is InChI=1S/C25H21F6N3O7S/c1-2-39-19(35)13-32-22(36)20-21(40-14-16-6-4-3-5-7-16)23(41-42(37,38)25(29,30)31)34-18(33-20)12-15-8-10-17(11-9-15)24(26,27)28/h3-11H,2,12-14H2,1H3,(H,32,36). The molecule has 0 aliphatic carbocycles. The maximum Gasteiger partial charge on any atom is 0.534 e. The Hall–Kier alpha value is -4.41. The summed E-state index contributed by atoms with van der Waals surface area (Å²) < 4.78 is 117. The van der Waals surface area contributed by atoms with E-state index < -0.39 is 82.0 Å². The fourth-order valence-corrected chi connectivity index (χ4v) is 3.63. The van der Waals surface area contributed by atoms with Gasteiger partial charge in [0, 0.05) is 6.42 Å². The van der Waals surface area contributed by atoms with Crippen molar-refractivity contribution in [1.29, 1.82) is 0 Å². The lowest BCUT2D eigenvalue weighted by Crippen LogP contribution is -2.32. The number of benzene rings is 2. The molecule has 0 saturated heterocycles. The van der Waals surface area contributed by atoms with Crippen LogP contribution < -0.4 is 14.2 Å². The van der Waals surface area contributed by atoms with Crippen molar-refractivity contribution in [3.8, 4) is 11.6 Å². The average molecular weight is 622 g/mol. The number of amides is 1. The molecule has 3 aromatic rings. The Labute approximate surface area is 234 Å². The van der Waals surface area contributed by atoms with E-state index in [0.29, 0.717) is 5.56 Å². The first-order valence-corrected chi connectivity index (χ1v) is 13.2. The van der Waals surface area contributed by atoms with Gasteiger partial charge in [-0.1, -0.05) is 42.5 Å². The van der Waals surface area contributed by atoms with Gasteiger partial charge in [-0.05, 0) is 30.2 Å². The smallest absolute Gasteiger partial charge is 0.481 e. The van der Waals surface area contributed by atoms with Gasteiger partial charge in [-0.3, -0.25) is 9.59 Å². The number of hydrogen-bond acceptors (Lipinski definition) is 9. The minimum atomic E-state index is -6.34. The molecule has 0 aliphatic heterocycles. The number of nitrogens with one attached hydrogen (secondary N) is 1. The van der Waals surface area contributed by atoms with Crippen molar-refractivity contribution < 1.29 is 58.0 Å². The van der Waals surface area contributed by atoms with E-state index in [0.717, 1.165) is 24.3 Å². The van der Waals surface area contributed by atoms with Crippen molar-refractivity contribution in [2.75, 3.05) is 13.2 Å². The highest BCUT2D eigenvalue weighted by Crippen LogP contribution is 2.35. The molecule has 10 nitrogen and oxygen atoms in total. The molecule has 226 valence electrons. The van der Waals surface area contributed by atoms with Crippen molar-refractivity contribution in [1.82, 2.24) is 15.3 Å². The van der Waals surface area contributed by atoms with Gasteiger partial charge in [-0.25, -0.2) is 4.98 Å². The number of aromatic nitrogens is 2. The summed E-state index contributed by atoms with van der Waals surface area (Å²) in [6.45, 7) is 0.346. The van der Waals surface area contributed by atoms with Crippen LogP contribution in [0.15, 0.2) is 54.6 Å². The lowest BCUT2D eigenvalue weighted by molar-refractivity contribution is -0.142. The van der Waals surface area contributed by atoms with Crippen LogP contribution >= 0.6 is 0 Å². The van der Waals surface area contributed by atoms with E-state index in [9.17, 15) is 44.3 Å². The molecule has 0 spiro atoms. The Bertz CT molecular complexity index is 1510. The Morgan fingerprint density at radius 2 is 1.55 bits per heavy atom. The Balaban J connectivity index is 2.11. The van der Waals surface area contributed by atoms with E-state index in [1.54, 1.807) is 30.3 Å². The largest absolute Gasteiger partial charge is 0.534 e. The molecule has 1 heterocycles. The number of halogens is 6. The number of carbonyl (C=O) groups excluding carboxylic acids is 2. The normalized spacial score (nSPS) is 12.0. The third kappa shape index (κ3) is 8.55. The second-order valence-electron chi connectivity index (χ2n) is 8.24. The first kappa shape index (κ1) is 32.1. The number of rotatable bonds is 11. The lowest BCUT2D eigenvalue weighted by Gasteiger charge is -2.17. The van der Waals surface area contributed by atoms with Crippen molar-refractivity contribution in [3.05, 3.63) is 82.8 Å². The number of hydrogen-bond donors (Lipinski definition) is 1. The number of alkyl halides is 6. The zero-order valence-electron chi connectivity index (χ0n) is 21.5. The lowest BCUT2D eigenvalue weighted by atomic mass is 10.1. The van der Waals surface area contributed by atoms with Crippen molar-refractivity contribution in [2.45, 2.75) is 31.6 Å². The third-order valence-corrected chi connectivity index (χ3v) is 6.08. The predicted octanol–water partition coefficient (Wildman–Crippen LogP) is 4.19. The summed E-state index contributed by atoms with van der Waals surface area (Å²) in [5.74, 6) is -4.84. The molecule has 0 unspecified atom stereocenters. The number of nitrogens with zero attached hydrogens (tertiary/aromatic N) is 2. The van der Waals surface area contributed by atoms with Crippen LogP contribution in [0.2, 0.25) is 0 Å². The summed E-state index contributed by atoms with van der Waals surface area (Å²) in [6, 6.07) is 11.5. The van der Waals surface area contributed by atoms with Crippen molar-refractivity contribution >= 4 is 22.0 Å². The van der Waals surface area contributed by atoms with Gasteiger partial charge < -0.3 is 19.0 Å². The molecule has 3 rings (SSSR count). The molecule has 17 heteroatoms. The monoisotopic (exact) mass is 621 g/mol. The maximum absolute atomic E-state index is 13.2. The third-order valence-electron chi connectivity index (χ3n) is 5.14. The van der Waals surface area contributed by atoms with Gasteiger partial charge in [-0.2, -0.15) is 39.7 Å². The molecule has 1 N–H and O–H groups in total. The van der Waals surface area contributed by atoms with Gasteiger partial charge in [-0.15, -0.1) is 0 Å². The molecule has 0 radical (unpaired) electrons. The SMILES string of the molecule is CCOC(=O)CNC(=O)c1nc(Cc2ccc(C(F)(F)F)cc2)nc(OS(=O)(=O)C(F)(F)F)c1OCc1ccccc1. The topological polar surface area (TPSA) is 134 Å². The van der Waals surface area contributed by atoms with Gasteiger partial charge in [0.25, 0.3) is 11.8 Å². The number of ether oxygens (including phenoxy) is 2. The summed E-state index contributed by atoms with van der Waals surface area (Å²) >= 11 is 0. The van der Waals surface area contributed by atoms with E-state index in [-0.39, 0.29) is 12.2 Å². The van der Waals surface area contributed by atoms with E-state index in [2.05, 4.69) is 19.5 Å². The minimum absolute atomic E-state index is 0.0295. The zero-order chi connectivity index (χ0) is 31.1. The average Bonchev–Trinajstić information content (AvgIpc) is 2.90. The van der Waals surface area contributed by atoms with Gasteiger partial charge >= 0.3 is 27.8 Å². The van der Waals surface area contributed by atoms with Crippen LogP contribution in [-0.4, -0.2) is 48.9 Å². The molecule has 0 saturated carbocycles. The first-order chi connectivity index (χ1) is 19.6.